The summed E-state index contributed by atoms with van der Waals surface area (Å²) < 4.78 is 27.9. The van der Waals surface area contributed by atoms with Crippen LogP contribution in [-0.4, -0.2) is 21.0 Å². The van der Waals surface area contributed by atoms with Gasteiger partial charge in [-0.05, 0) is 60.5 Å². The maximum Gasteiger partial charge on any atom is 0.326 e. The van der Waals surface area contributed by atoms with Gasteiger partial charge >= 0.3 is 6.03 Å². The Morgan fingerprint density at radius 2 is 1.60 bits per heavy atom. The molecule has 0 radical (unpaired) electrons. The van der Waals surface area contributed by atoms with Crippen LogP contribution in [0.3, 0.4) is 0 Å². The average Bonchev–Trinajstić information content (AvgIpc) is 3.11. The molecule has 0 aliphatic carbocycles. The number of carbonyl (C=O) groups excluding carboxylic acids is 1. The number of rotatable bonds is 4. The average molecular weight is 462 g/mol. The molecule has 0 saturated carbocycles. The zero-order chi connectivity index (χ0) is 21.3. The second-order valence-corrected chi connectivity index (χ2v) is 9.31. The highest BCUT2D eigenvalue weighted by Crippen LogP contribution is 2.32. The molecule has 9 heteroatoms. The van der Waals surface area contributed by atoms with Crippen LogP contribution < -0.4 is 14.9 Å². The summed E-state index contributed by atoms with van der Waals surface area (Å²) in [6.45, 7) is 0.508. The standard InChI is InChI=1S/C21H17Cl2N3O3S/c22-15-11-16(23)13-19(12-15)30(28,29)25-18-6-7-20-14(10-18)8-9-26(20)21(27)24-17-4-2-1-3-5-17/h1-7,10-13,25H,8-9H2,(H,24,27). The number of para-hydroxylation sites is 1. The van der Waals surface area contributed by atoms with E-state index in [-0.39, 0.29) is 21.0 Å². The summed E-state index contributed by atoms with van der Waals surface area (Å²) in [5.41, 5.74) is 2.73. The largest absolute Gasteiger partial charge is 0.326 e. The topological polar surface area (TPSA) is 78.5 Å². The van der Waals surface area contributed by atoms with Crippen molar-refractivity contribution >= 4 is 56.3 Å². The molecule has 2 amide bonds. The Hall–Kier alpha value is -2.74. The zero-order valence-electron chi connectivity index (χ0n) is 15.6. The maximum absolute atomic E-state index is 12.7. The fourth-order valence-corrected chi connectivity index (χ4v) is 5.06. The van der Waals surface area contributed by atoms with Crippen LogP contribution in [0.4, 0.5) is 21.9 Å². The molecule has 1 aliphatic heterocycles. The van der Waals surface area contributed by atoms with Crippen molar-refractivity contribution in [1.29, 1.82) is 0 Å². The summed E-state index contributed by atoms with van der Waals surface area (Å²) in [5, 5.41) is 3.33. The normalized spacial score (nSPS) is 13.1. The molecule has 3 aromatic rings. The van der Waals surface area contributed by atoms with Crippen molar-refractivity contribution in [2.75, 3.05) is 21.5 Å². The second kappa shape index (κ2) is 8.18. The lowest BCUT2D eigenvalue weighted by molar-refractivity contribution is 0.257. The number of hydrogen-bond donors (Lipinski definition) is 2. The highest BCUT2D eigenvalue weighted by Gasteiger charge is 2.25. The SMILES string of the molecule is O=C(Nc1ccccc1)N1CCc2cc(NS(=O)(=O)c3cc(Cl)cc(Cl)c3)ccc21. The number of urea groups is 1. The summed E-state index contributed by atoms with van der Waals surface area (Å²) in [6, 6.07) is 18.2. The molecule has 1 aliphatic rings. The number of nitrogens with one attached hydrogen (secondary N) is 2. The van der Waals surface area contributed by atoms with Crippen LogP contribution in [0.1, 0.15) is 5.56 Å². The van der Waals surface area contributed by atoms with E-state index in [1.807, 2.05) is 30.3 Å². The van der Waals surface area contributed by atoms with Crippen LogP contribution in [-0.2, 0) is 16.4 Å². The molecule has 1 heterocycles. The van der Waals surface area contributed by atoms with E-state index in [1.54, 1.807) is 23.1 Å². The number of nitrogens with zero attached hydrogens (tertiary/aromatic N) is 1. The van der Waals surface area contributed by atoms with Crippen molar-refractivity contribution in [3.05, 3.63) is 82.3 Å². The number of amides is 2. The van der Waals surface area contributed by atoms with Crippen LogP contribution in [0.2, 0.25) is 10.0 Å². The Kier molecular flexibility index (Phi) is 5.60. The Morgan fingerprint density at radius 3 is 2.30 bits per heavy atom. The van der Waals surface area contributed by atoms with Crippen LogP contribution in [0.25, 0.3) is 0 Å². The number of fused-ring (bicyclic) bond motifs is 1. The van der Waals surface area contributed by atoms with E-state index >= 15 is 0 Å². The summed E-state index contributed by atoms with van der Waals surface area (Å²) >= 11 is 11.8. The number of benzene rings is 3. The number of halogens is 2. The Bertz CT molecular complexity index is 1200. The van der Waals surface area contributed by atoms with Crippen molar-refractivity contribution in [2.45, 2.75) is 11.3 Å². The van der Waals surface area contributed by atoms with Gasteiger partial charge in [0.05, 0.1) is 4.90 Å². The monoisotopic (exact) mass is 461 g/mol. The number of hydrogen-bond acceptors (Lipinski definition) is 3. The quantitative estimate of drug-likeness (QED) is 0.546. The van der Waals surface area contributed by atoms with Crippen molar-refractivity contribution in [2.24, 2.45) is 0 Å². The van der Waals surface area contributed by atoms with Gasteiger partial charge in [-0.1, -0.05) is 41.4 Å². The smallest absolute Gasteiger partial charge is 0.308 e. The van der Waals surface area contributed by atoms with Crippen molar-refractivity contribution < 1.29 is 13.2 Å². The third kappa shape index (κ3) is 4.38. The van der Waals surface area contributed by atoms with Gasteiger partial charge in [0.2, 0.25) is 0 Å². The number of anilines is 3. The first-order valence-corrected chi connectivity index (χ1v) is 11.3. The van der Waals surface area contributed by atoms with E-state index in [0.29, 0.717) is 24.3 Å². The molecule has 0 unspecified atom stereocenters. The predicted octanol–water partition coefficient (Wildman–Crippen LogP) is 5.39. The summed E-state index contributed by atoms with van der Waals surface area (Å²) in [6.07, 6.45) is 0.621. The van der Waals surface area contributed by atoms with E-state index in [4.69, 9.17) is 23.2 Å². The molecule has 0 bridgehead atoms. The van der Waals surface area contributed by atoms with Gasteiger partial charge < -0.3 is 5.32 Å². The summed E-state index contributed by atoms with van der Waals surface area (Å²) in [5.74, 6) is 0. The fourth-order valence-electron chi connectivity index (χ4n) is 3.29. The van der Waals surface area contributed by atoms with Gasteiger partial charge in [-0.2, -0.15) is 0 Å². The van der Waals surface area contributed by atoms with Crippen molar-refractivity contribution in [3.63, 3.8) is 0 Å². The van der Waals surface area contributed by atoms with Gasteiger partial charge in [-0.15, -0.1) is 0 Å². The van der Waals surface area contributed by atoms with Crippen LogP contribution in [0, 0.1) is 0 Å². The third-order valence-corrected chi connectivity index (χ3v) is 6.44. The minimum Gasteiger partial charge on any atom is -0.308 e. The van der Waals surface area contributed by atoms with E-state index < -0.39 is 10.0 Å². The maximum atomic E-state index is 12.7. The minimum absolute atomic E-state index is 0.0237. The molecule has 0 atom stereocenters. The summed E-state index contributed by atoms with van der Waals surface area (Å²) in [7, 11) is -3.86. The molecule has 0 spiro atoms. The molecule has 0 aromatic heterocycles. The Morgan fingerprint density at radius 1 is 0.900 bits per heavy atom. The second-order valence-electron chi connectivity index (χ2n) is 6.75. The first-order valence-electron chi connectivity index (χ1n) is 9.07. The molecule has 3 aromatic carbocycles. The number of carbonyl (C=O) groups is 1. The third-order valence-electron chi connectivity index (χ3n) is 4.64. The molecular formula is C21H17Cl2N3O3S. The van der Waals surface area contributed by atoms with Gasteiger partial charge in [-0.25, -0.2) is 13.2 Å². The molecule has 2 N–H and O–H groups in total. The van der Waals surface area contributed by atoms with Crippen molar-refractivity contribution in [1.82, 2.24) is 0 Å². The van der Waals surface area contributed by atoms with Gasteiger partial charge in [0.25, 0.3) is 10.0 Å². The van der Waals surface area contributed by atoms with E-state index in [0.717, 1.165) is 11.3 Å². The molecular weight excluding hydrogens is 445 g/mol. The van der Waals surface area contributed by atoms with Gasteiger partial charge in [0.1, 0.15) is 0 Å². The first kappa shape index (κ1) is 20.5. The van der Waals surface area contributed by atoms with Gasteiger partial charge in [0, 0.05) is 33.7 Å². The minimum atomic E-state index is -3.86. The molecule has 154 valence electrons. The highest BCUT2D eigenvalue weighted by molar-refractivity contribution is 7.92. The zero-order valence-corrected chi connectivity index (χ0v) is 17.9. The van der Waals surface area contributed by atoms with Crippen LogP contribution in [0.5, 0.6) is 0 Å². The lowest BCUT2D eigenvalue weighted by Gasteiger charge is -2.18. The molecule has 30 heavy (non-hydrogen) atoms. The van der Waals surface area contributed by atoms with E-state index in [2.05, 4.69) is 10.0 Å². The van der Waals surface area contributed by atoms with Gasteiger partial charge in [0.15, 0.2) is 0 Å². The number of sulfonamides is 1. The van der Waals surface area contributed by atoms with Crippen LogP contribution >= 0.6 is 23.2 Å². The van der Waals surface area contributed by atoms with E-state index in [9.17, 15) is 13.2 Å². The van der Waals surface area contributed by atoms with Gasteiger partial charge in [-0.3, -0.25) is 9.62 Å². The molecule has 0 saturated heterocycles. The Balaban J connectivity index is 1.53. The first-order chi connectivity index (χ1) is 14.3. The molecule has 6 nitrogen and oxygen atoms in total. The van der Waals surface area contributed by atoms with Crippen molar-refractivity contribution in [3.8, 4) is 0 Å². The lowest BCUT2D eigenvalue weighted by Crippen LogP contribution is -2.33. The highest BCUT2D eigenvalue weighted by atomic mass is 35.5. The molecule has 4 rings (SSSR count). The predicted molar refractivity (Wildman–Crippen MR) is 120 cm³/mol. The lowest BCUT2D eigenvalue weighted by atomic mass is 10.1. The van der Waals surface area contributed by atoms with E-state index in [1.165, 1.54) is 18.2 Å². The summed E-state index contributed by atoms with van der Waals surface area (Å²) in [4.78, 5) is 14.2. The van der Waals surface area contributed by atoms with Crippen LogP contribution in [0.15, 0.2) is 71.6 Å². The molecule has 0 fully saturated rings. The Labute approximate surface area is 184 Å². The fraction of sp³-hybridized carbons (Fsp3) is 0.0952.